The molecular weight excluding hydrogens is 332 g/mol. The molecule has 0 unspecified atom stereocenters. The van der Waals surface area contributed by atoms with Crippen LogP contribution in [-0.4, -0.2) is 20.7 Å². The Kier molecular flexibility index (Phi) is 4.55. The van der Waals surface area contributed by atoms with Gasteiger partial charge in [-0.3, -0.25) is 4.79 Å². The lowest BCUT2D eigenvalue weighted by Gasteiger charge is -2.08. The van der Waals surface area contributed by atoms with E-state index in [0.29, 0.717) is 27.4 Å². The highest BCUT2D eigenvalue weighted by molar-refractivity contribution is 9.10. The molecule has 1 aromatic heterocycles. The van der Waals surface area contributed by atoms with Crippen molar-refractivity contribution in [3.63, 3.8) is 0 Å². The van der Waals surface area contributed by atoms with Gasteiger partial charge < -0.3 is 9.88 Å². The van der Waals surface area contributed by atoms with E-state index in [1.165, 1.54) is 0 Å². The van der Waals surface area contributed by atoms with Crippen LogP contribution in [0.2, 0.25) is 5.02 Å². The molecule has 0 bridgehead atoms. The summed E-state index contributed by atoms with van der Waals surface area (Å²) in [4.78, 5) is 12.0. The molecule has 0 aliphatic carbocycles. The highest BCUT2D eigenvalue weighted by atomic mass is 79.9. The second kappa shape index (κ2) is 6.16. The number of carbonyl (C=O) groups is 1. The van der Waals surface area contributed by atoms with Crippen molar-refractivity contribution in [3.8, 4) is 0 Å². The lowest BCUT2D eigenvalue weighted by atomic mass is 10.2. The summed E-state index contributed by atoms with van der Waals surface area (Å²) in [6.07, 6.45) is 1.63. The molecule has 0 spiro atoms. The minimum atomic E-state index is -0.239. The van der Waals surface area contributed by atoms with E-state index in [-0.39, 0.29) is 5.91 Å². The first-order valence-corrected chi connectivity index (χ1v) is 6.89. The Labute approximate surface area is 124 Å². The van der Waals surface area contributed by atoms with Gasteiger partial charge in [-0.25, -0.2) is 0 Å². The molecule has 2 rings (SSSR count). The van der Waals surface area contributed by atoms with Crippen LogP contribution in [0, 0.1) is 0 Å². The molecule has 0 radical (unpaired) electrons. The predicted molar refractivity (Wildman–Crippen MR) is 76.0 cm³/mol. The molecule has 0 saturated carbocycles. The van der Waals surface area contributed by atoms with Gasteiger partial charge in [0.15, 0.2) is 5.82 Å². The van der Waals surface area contributed by atoms with Gasteiger partial charge in [0.05, 0.1) is 17.1 Å². The number of nitrogens with zero attached hydrogens (tertiary/aromatic N) is 3. The van der Waals surface area contributed by atoms with Gasteiger partial charge in [0.1, 0.15) is 6.33 Å². The maximum absolute atomic E-state index is 12.0. The zero-order valence-electron chi connectivity index (χ0n) is 10.2. The maximum atomic E-state index is 12.0. The van der Waals surface area contributed by atoms with Crippen LogP contribution >= 0.6 is 27.5 Å². The molecule has 5 nitrogen and oxygen atoms in total. The van der Waals surface area contributed by atoms with Crippen molar-refractivity contribution in [3.05, 3.63) is 45.4 Å². The zero-order chi connectivity index (χ0) is 13.8. The monoisotopic (exact) mass is 342 g/mol. The fourth-order valence-corrected chi connectivity index (χ4v) is 2.19. The smallest absolute Gasteiger partial charge is 0.253 e. The van der Waals surface area contributed by atoms with E-state index in [0.717, 1.165) is 6.54 Å². The van der Waals surface area contributed by atoms with E-state index >= 15 is 0 Å². The SMILES string of the molecule is CCn1cnnc1CNC(=O)c1cccc(Br)c1Cl. The van der Waals surface area contributed by atoms with E-state index in [1.807, 2.05) is 11.5 Å². The minimum absolute atomic E-state index is 0.239. The van der Waals surface area contributed by atoms with Crippen LogP contribution in [-0.2, 0) is 13.1 Å². The molecule has 0 fully saturated rings. The highest BCUT2D eigenvalue weighted by Crippen LogP contribution is 2.25. The normalized spacial score (nSPS) is 10.5. The second-order valence-corrected chi connectivity index (χ2v) is 5.05. The number of halogens is 2. The van der Waals surface area contributed by atoms with Crippen molar-refractivity contribution < 1.29 is 4.79 Å². The summed E-state index contributed by atoms with van der Waals surface area (Å²) in [5.74, 6) is 0.471. The topological polar surface area (TPSA) is 59.8 Å². The van der Waals surface area contributed by atoms with E-state index in [2.05, 4.69) is 31.4 Å². The minimum Gasteiger partial charge on any atom is -0.345 e. The van der Waals surface area contributed by atoms with Crippen molar-refractivity contribution in [2.75, 3.05) is 0 Å². The number of aromatic nitrogens is 3. The summed E-state index contributed by atoms with van der Waals surface area (Å²) in [5.41, 5.74) is 0.429. The number of hydrogen-bond acceptors (Lipinski definition) is 3. The van der Waals surface area contributed by atoms with Crippen LogP contribution in [0.25, 0.3) is 0 Å². The van der Waals surface area contributed by atoms with Gasteiger partial charge in [0.2, 0.25) is 0 Å². The fourth-order valence-electron chi connectivity index (χ4n) is 1.61. The van der Waals surface area contributed by atoms with Gasteiger partial charge in [-0.05, 0) is 35.0 Å². The summed E-state index contributed by atoms with van der Waals surface area (Å²) in [6.45, 7) is 3.06. The molecule has 100 valence electrons. The average Bonchev–Trinajstić information content (AvgIpc) is 2.86. The number of hydrogen-bond donors (Lipinski definition) is 1. The largest absolute Gasteiger partial charge is 0.345 e. The third kappa shape index (κ3) is 3.13. The predicted octanol–water partition coefficient (Wildman–Crippen LogP) is 2.64. The van der Waals surface area contributed by atoms with Crippen molar-refractivity contribution in [2.45, 2.75) is 20.0 Å². The third-order valence-electron chi connectivity index (χ3n) is 2.64. The van der Waals surface area contributed by atoms with E-state index in [4.69, 9.17) is 11.6 Å². The van der Waals surface area contributed by atoms with Crippen molar-refractivity contribution >= 4 is 33.4 Å². The van der Waals surface area contributed by atoms with E-state index in [1.54, 1.807) is 24.5 Å². The van der Waals surface area contributed by atoms with Gasteiger partial charge in [-0.2, -0.15) is 0 Å². The van der Waals surface area contributed by atoms with Crippen LogP contribution in [0.3, 0.4) is 0 Å². The van der Waals surface area contributed by atoms with Crippen LogP contribution in [0.4, 0.5) is 0 Å². The molecule has 1 aromatic carbocycles. The van der Waals surface area contributed by atoms with Gasteiger partial charge in [0, 0.05) is 11.0 Å². The number of amides is 1. The van der Waals surface area contributed by atoms with Crippen LogP contribution in [0.5, 0.6) is 0 Å². The molecule has 1 N–H and O–H groups in total. The molecular formula is C12H12BrClN4O. The number of benzene rings is 1. The molecule has 0 aliphatic rings. The Hall–Kier alpha value is -1.40. The lowest BCUT2D eigenvalue weighted by Crippen LogP contribution is -2.25. The van der Waals surface area contributed by atoms with Crippen molar-refractivity contribution in [1.82, 2.24) is 20.1 Å². The standard InChI is InChI=1S/C12H12BrClN4O/c1-2-18-7-16-17-10(18)6-15-12(19)8-4-3-5-9(13)11(8)14/h3-5,7H,2,6H2,1H3,(H,15,19). The van der Waals surface area contributed by atoms with Gasteiger partial charge in [-0.15, -0.1) is 10.2 Å². The Morgan fingerprint density at radius 1 is 1.53 bits per heavy atom. The van der Waals surface area contributed by atoms with Gasteiger partial charge in [-0.1, -0.05) is 17.7 Å². The van der Waals surface area contributed by atoms with E-state index in [9.17, 15) is 4.79 Å². The summed E-state index contributed by atoms with van der Waals surface area (Å²) in [7, 11) is 0. The van der Waals surface area contributed by atoms with Crippen LogP contribution in [0.15, 0.2) is 29.0 Å². The molecule has 1 amide bonds. The Bertz CT molecular complexity index is 599. The first-order chi connectivity index (χ1) is 9.13. The molecule has 0 saturated heterocycles. The number of rotatable bonds is 4. The number of nitrogens with one attached hydrogen (secondary N) is 1. The quantitative estimate of drug-likeness (QED) is 0.928. The van der Waals surface area contributed by atoms with Crippen LogP contribution in [0.1, 0.15) is 23.1 Å². The van der Waals surface area contributed by atoms with Crippen molar-refractivity contribution in [1.29, 1.82) is 0 Å². The Morgan fingerprint density at radius 2 is 2.32 bits per heavy atom. The molecule has 2 aromatic rings. The molecule has 0 atom stereocenters. The number of aryl methyl sites for hydroxylation is 1. The molecule has 19 heavy (non-hydrogen) atoms. The average molecular weight is 344 g/mol. The molecule has 0 aliphatic heterocycles. The van der Waals surface area contributed by atoms with Crippen molar-refractivity contribution in [2.24, 2.45) is 0 Å². The summed E-state index contributed by atoms with van der Waals surface area (Å²) in [6, 6.07) is 5.22. The zero-order valence-corrected chi connectivity index (χ0v) is 12.6. The van der Waals surface area contributed by atoms with Gasteiger partial charge >= 0.3 is 0 Å². The van der Waals surface area contributed by atoms with Gasteiger partial charge in [0.25, 0.3) is 5.91 Å². The second-order valence-electron chi connectivity index (χ2n) is 3.82. The molecule has 1 heterocycles. The van der Waals surface area contributed by atoms with E-state index < -0.39 is 0 Å². The summed E-state index contributed by atoms with van der Waals surface area (Å²) in [5, 5.41) is 10.9. The maximum Gasteiger partial charge on any atom is 0.253 e. The van der Waals surface area contributed by atoms with Crippen LogP contribution < -0.4 is 5.32 Å². The summed E-state index contributed by atoms with van der Waals surface area (Å²) >= 11 is 9.35. The highest BCUT2D eigenvalue weighted by Gasteiger charge is 2.13. The first-order valence-electron chi connectivity index (χ1n) is 5.72. The fraction of sp³-hybridized carbons (Fsp3) is 0.250. The third-order valence-corrected chi connectivity index (χ3v) is 3.94. The first kappa shape index (κ1) is 14.0. The summed E-state index contributed by atoms with van der Waals surface area (Å²) < 4.78 is 2.56. The lowest BCUT2D eigenvalue weighted by molar-refractivity contribution is 0.0949. The Morgan fingerprint density at radius 3 is 3.05 bits per heavy atom. The molecule has 7 heteroatoms. The number of carbonyl (C=O) groups excluding carboxylic acids is 1. The Balaban J connectivity index is 2.08.